The van der Waals surface area contributed by atoms with Gasteiger partial charge >= 0.3 is 11.9 Å². The molecule has 5 N–H and O–H groups in total. The number of hydrogen-bond acceptors (Lipinski definition) is 5. The van der Waals surface area contributed by atoms with Gasteiger partial charge in [-0.2, -0.15) is 0 Å². The smallest absolute Gasteiger partial charge is 0.307 e. The molecule has 6 nitrogen and oxygen atoms in total. The van der Waals surface area contributed by atoms with Crippen LogP contribution in [0.1, 0.15) is 36.1 Å². The number of rotatable bonds is 6. The zero-order chi connectivity index (χ0) is 20.4. The standard InChI is InChI=1S/C10H12BrNO2.C9H10BrNO2/c1-14-10(13)6-9(12)7-3-2-4-8(11)5-7;10-7-3-1-2-6(4-7)8(11)5-9(12)13/h2-5,9H,6,12H2,1H3;1-4,8H,5,11H2,(H,12,13). The van der Waals surface area contributed by atoms with Gasteiger partial charge in [0.25, 0.3) is 0 Å². The van der Waals surface area contributed by atoms with Crippen molar-refractivity contribution in [1.82, 2.24) is 0 Å². The highest BCUT2D eigenvalue weighted by molar-refractivity contribution is 9.10. The summed E-state index contributed by atoms with van der Waals surface area (Å²) in [6.45, 7) is 0. The second-order valence-electron chi connectivity index (χ2n) is 5.70. The Morgan fingerprint density at radius 3 is 1.78 bits per heavy atom. The normalized spacial score (nSPS) is 12.3. The Hall–Kier alpha value is -1.74. The third-order valence-electron chi connectivity index (χ3n) is 3.56. The van der Waals surface area contributed by atoms with E-state index in [1.165, 1.54) is 7.11 Å². The average molecular weight is 502 g/mol. The van der Waals surface area contributed by atoms with Crippen molar-refractivity contribution in [3.8, 4) is 0 Å². The summed E-state index contributed by atoms with van der Waals surface area (Å²) in [6.07, 6.45) is 0.156. The minimum Gasteiger partial charge on any atom is -0.481 e. The molecule has 0 radical (unpaired) electrons. The highest BCUT2D eigenvalue weighted by atomic mass is 79.9. The second kappa shape index (κ2) is 11.9. The van der Waals surface area contributed by atoms with Crippen molar-refractivity contribution in [2.75, 3.05) is 7.11 Å². The molecule has 0 heterocycles. The number of benzene rings is 2. The molecule has 0 saturated carbocycles. The van der Waals surface area contributed by atoms with Crippen LogP contribution in [0.15, 0.2) is 57.5 Å². The first kappa shape index (κ1) is 23.3. The molecule has 0 aliphatic rings. The molecular weight excluding hydrogens is 480 g/mol. The van der Waals surface area contributed by atoms with Gasteiger partial charge in [0.05, 0.1) is 20.0 Å². The first-order valence-corrected chi connectivity index (χ1v) is 9.62. The van der Waals surface area contributed by atoms with Crippen molar-refractivity contribution in [2.45, 2.75) is 24.9 Å². The summed E-state index contributed by atoms with van der Waals surface area (Å²) in [5.41, 5.74) is 13.2. The van der Waals surface area contributed by atoms with Crippen molar-refractivity contribution in [3.05, 3.63) is 68.6 Å². The zero-order valence-electron chi connectivity index (χ0n) is 14.8. The van der Waals surface area contributed by atoms with Crippen LogP contribution in [0, 0.1) is 0 Å². The Kier molecular flexibility index (Phi) is 10.2. The van der Waals surface area contributed by atoms with Crippen LogP contribution >= 0.6 is 31.9 Å². The summed E-state index contributed by atoms with van der Waals surface area (Å²) in [7, 11) is 1.36. The minimum absolute atomic E-state index is 0.0452. The number of carboxylic acids is 1. The van der Waals surface area contributed by atoms with Crippen molar-refractivity contribution in [3.63, 3.8) is 0 Å². The molecule has 2 rings (SSSR count). The van der Waals surface area contributed by atoms with Crippen LogP contribution in [-0.4, -0.2) is 24.2 Å². The van der Waals surface area contributed by atoms with E-state index in [9.17, 15) is 9.59 Å². The molecule has 2 unspecified atom stereocenters. The zero-order valence-corrected chi connectivity index (χ0v) is 17.9. The van der Waals surface area contributed by atoms with Crippen molar-refractivity contribution >= 4 is 43.8 Å². The molecule has 2 aromatic rings. The largest absolute Gasteiger partial charge is 0.481 e. The number of carbonyl (C=O) groups excluding carboxylic acids is 1. The molecular formula is C19H22Br2N2O4. The van der Waals surface area contributed by atoms with E-state index in [4.69, 9.17) is 16.6 Å². The van der Waals surface area contributed by atoms with Crippen LogP contribution < -0.4 is 11.5 Å². The summed E-state index contributed by atoms with van der Waals surface area (Å²) < 4.78 is 6.40. The van der Waals surface area contributed by atoms with Crippen LogP contribution in [-0.2, 0) is 14.3 Å². The van der Waals surface area contributed by atoms with Gasteiger partial charge in [-0.25, -0.2) is 0 Å². The Morgan fingerprint density at radius 2 is 1.41 bits per heavy atom. The molecule has 27 heavy (non-hydrogen) atoms. The summed E-state index contributed by atoms with van der Waals surface area (Å²) in [5, 5.41) is 8.52. The van der Waals surface area contributed by atoms with Crippen molar-refractivity contribution < 1.29 is 19.4 Å². The van der Waals surface area contributed by atoms with E-state index in [1.54, 1.807) is 0 Å². The van der Waals surface area contributed by atoms with E-state index < -0.39 is 12.0 Å². The maximum absolute atomic E-state index is 11.0. The van der Waals surface area contributed by atoms with E-state index >= 15 is 0 Å². The van der Waals surface area contributed by atoms with Gasteiger partial charge in [0.1, 0.15) is 0 Å². The summed E-state index contributed by atoms with van der Waals surface area (Å²) in [6, 6.07) is 14.2. The number of methoxy groups -OCH3 is 1. The van der Waals surface area contributed by atoms with Crippen LogP contribution in [0.2, 0.25) is 0 Å². The number of aliphatic carboxylic acids is 1. The van der Waals surface area contributed by atoms with Gasteiger partial charge in [0, 0.05) is 21.0 Å². The predicted octanol–water partition coefficient (Wildman–Crippen LogP) is 3.94. The maximum Gasteiger partial charge on any atom is 0.307 e. The first-order valence-electron chi connectivity index (χ1n) is 8.03. The number of esters is 1. The monoisotopic (exact) mass is 500 g/mol. The van der Waals surface area contributed by atoms with Crippen molar-refractivity contribution in [1.29, 1.82) is 0 Å². The van der Waals surface area contributed by atoms with Crippen molar-refractivity contribution in [2.24, 2.45) is 11.5 Å². The Morgan fingerprint density at radius 1 is 0.963 bits per heavy atom. The molecule has 8 heteroatoms. The summed E-state index contributed by atoms with van der Waals surface area (Å²) in [4.78, 5) is 21.3. The van der Waals surface area contributed by atoms with Gasteiger partial charge in [-0.1, -0.05) is 56.1 Å². The molecule has 2 aromatic carbocycles. The van der Waals surface area contributed by atoms with Gasteiger partial charge in [-0.05, 0) is 35.4 Å². The number of halogens is 2. The number of hydrogen-bond donors (Lipinski definition) is 3. The molecule has 0 spiro atoms. The van der Waals surface area contributed by atoms with Crippen LogP contribution in [0.5, 0.6) is 0 Å². The molecule has 0 amide bonds. The topological polar surface area (TPSA) is 116 Å². The van der Waals surface area contributed by atoms with E-state index in [-0.39, 0.29) is 24.9 Å². The fourth-order valence-corrected chi connectivity index (χ4v) is 3.00. The van der Waals surface area contributed by atoms with Gasteiger partial charge in [-0.15, -0.1) is 0 Å². The highest BCUT2D eigenvalue weighted by Crippen LogP contribution is 2.19. The molecule has 0 bridgehead atoms. The lowest BCUT2D eigenvalue weighted by molar-refractivity contribution is -0.141. The maximum atomic E-state index is 11.0. The quantitative estimate of drug-likeness (QED) is 0.516. The first-order chi connectivity index (χ1) is 12.7. The van der Waals surface area contributed by atoms with E-state index in [0.717, 1.165) is 20.1 Å². The SMILES string of the molecule is COC(=O)CC(N)c1cccc(Br)c1.NC(CC(=O)O)c1cccc(Br)c1. The summed E-state index contributed by atoms with van der Waals surface area (Å²) in [5.74, 6) is -1.18. The number of nitrogens with two attached hydrogens (primary N) is 2. The number of carbonyl (C=O) groups is 2. The van der Waals surface area contributed by atoms with E-state index in [1.807, 2.05) is 48.5 Å². The Bertz CT molecular complexity index is 771. The molecule has 146 valence electrons. The average Bonchev–Trinajstić information content (AvgIpc) is 2.61. The second-order valence-corrected chi connectivity index (χ2v) is 7.53. The Balaban J connectivity index is 0.000000271. The van der Waals surface area contributed by atoms with Gasteiger partial charge < -0.3 is 21.3 Å². The Labute approximate surface area is 175 Å². The van der Waals surface area contributed by atoms with Crippen LogP contribution in [0.25, 0.3) is 0 Å². The fraction of sp³-hybridized carbons (Fsp3) is 0.263. The molecule has 0 aliphatic carbocycles. The van der Waals surface area contributed by atoms with Gasteiger partial charge in [-0.3, -0.25) is 9.59 Å². The lowest BCUT2D eigenvalue weighted by Gasteiger charge is -2.10. The van der Waals surface area contributed by atoms with Gasteiger partial charge in [0.2, 0.25) is 0 Å². The third-order valence-corrected chi connectivity index (χ3v) is 4.55. The summed E-state index contributed by atoms with van der Waals surface area (Å²) >= 11 is 6.64. The lowest BCUT2D eigenvalue weighted by Crippen LogP contribution is -2.16. The third kappa shape index (κ3) is 9.14. The molecule has 0 aromatic heterocycles. The minimum atomic E-state index is -0.882. The number of ether oxygens (including phenoxy) is 1. The molecule has 0 saturated heterocycles. The molecule has 0 aliphatic heterocycles. The lowest BCUT2D eigenvalue weighted by atomic mass is 10.1. The number of carboxylic acid groups (broad SMARTS) is 1. The van der Waals surface area contributed by atoms with Crippen LogP contribution in [0.4, 0.5) is 0 Å². The molecule has 0 fully saturated rings. The fourth-order valence-electron chi connectivity index (χ4n) is 2.16. The molecule has 2 atom stereocenters. The highest BCUT2D eigenvalue weighted by Gasteiger charge is 2.12. The predicted molar refractivity (Wildman–Crippen MR) is 111 cm³/mol. The van der Waals surface area contributed by atoms with Gasteiger partial charge in [0.15, 0.2) is 0 Å². The van der Waals surface area contributed by atoms with E-state index in [0.29, 0.717) is 0 Å². The van der Waals surface area contributed by atoms with E-state index in [2.05, 4.69) is 36.6 Å². The van der Waals surface area contributed by atoms with Crippen LogP contribution in [0.3, 0.4) is 0 Å².